The van der Waals surface area contributed by atoms with Crippen LogP contribution < -0.4 is 10.2 Å². The summed E-state index contributed by atoms with van der Waals surface area (Å²) in [7, 11) is 1.87. The molecular formula is C20H32N4O2. The number of nitrogens with one attached hydrogen (secondary N) is 1. The van der Waals surface area contributed by atoms with Crippen molar-refractivity contribution < 1.29 is 9.47 Å². The van der Waals surface area contributed by atoms with Crippen LogP contribution in [0.1, 0.15) is 25.3 Å². The summed E-state index contributed by atoms with van der Waals surface area (Å²) in [5, 5.41) is 3.56. The average molecular weight is 361 g/mol. The number of likely N-dealkylation sites (tertiary alicyclic amines) is 1. The molecule has 144 valence electrons. The van der Waals surface area contributed by atoms with Gasteiger partial charge >= 0.3 is 0 Å². The first-order valence-electron chi connectivity index (χ1n) is 9.79. The van der Waals surface area contributed by atoms with Crippen molar-refractivity contribution in [3.8, 4) is 0 Å². The van der Waals surface area contributed by atoms with E-state index in [4.69, 9.17) is 9.47 Å². The lowest BCUT2D eigenvalue weighted by Gasteiger charge is -2.34. The number of para-hydroxylation sites is 1. The van der Waals surface area contributed by atoms with E-state index in [1.54, 1.807) is 0 Å². The molecule has 2 fully saturated rings. The van der Waals surface area contributed by atoms with Gasteiger partial charge in [0.25, 0.3) is 0 Å². The lowest BCUT2D eigenvalue weighted by molar-refractivity contribution is 0.0263. The molecule has 0 radical (unpaired) electrons. The second kappa shape index (κ2) is 9.78. The van der Waals surface area contributed by atoms with Crippen LogP contribution in [0.5, 0.6) is 0 Å². The van der Waals surface area contributed by atoms with Crippen LogP contribution in [0.3, 0.4) is 0 Å². The van der Waals surface area contributed by atoms with Crippen molar-refractivity contribution in [2.24, 2.45) is 4.99 Å². The summed E-state index contributed by atoms with van der Waals surface area (Å²) < 4.78 is 11.2. The molecule has 6 heteroatoms. The summed E-state index contributed by atoms with van der Waals surface area (Å²) in [4.78, 5) is 9.25. The van der Waals surface area contributed by atoms with Crippen LogP contribution in [0, 0.1) is 0 Å². The lowest BCUT2D eigenvalue weighted by Crippen LogP contribution is -2.47. The monoisotopic (exact) mass is 360 g/mol. The predicted molar refractivity (Wildman–Crippen MR) is 106 cm³/mol. The van der Waals surface area contributed by atoms with E-state index in [2.05, 4.69) is 51.3 Å². The second-order valence-electron chi connectivity index (χ2n) is 6.77. The molecular weight excluding hydrogens is 328 g/mol. The smallest absolute Gasteiger partial charge is 0.193 e. The summed E-state index contributed by atoms with van der Waals surface area (Å²) in [6, 6.07) is 8.63. The number of aliphatic imine (C=N–C) groups is 1. The normalized spacial score (nSPS) is 19.7. The van der Waals surface area contributed by atoms with Crippen LogP contribution in [0.2, 0.25) is 0 Å². The quantitative estimate of drug-likeness (QED) is 0.644. The van der Waals surface area contributed by atoms with Crippen molar-refractivity contribution >= 4 is 11.6 Å². The van der Waals surface area contributed by atoms with Gasteiger partial charge < -0.3 is 24.6 Å². The lowest BCUT2D eigenvalue weighted by atomic mass is 10.1. The minimum Gasteiger partial charge on any atom is -0.378 e. The van der Waals surface area contributed by atoms with Crippen LogP contribution >= 0.6 is 0 Å². The third-order valence-electron chi connectivity index (χ3n) is 5.14. The highest BCUT2D eigenvalue weighted by molar-refractivity contribution is 5.80. The molecule has 2 aliphatic heterocycles. The van der Waals surface area contributed by atoms with Gasteiger partial charge in [-0.3, -0.25) is 4.99 Å². The number of piperidine rings is 1. The molecule has 0 aliphatic carbocycles. The third-order valence-corrected chi connectivity index (χ3v) is 5.14. The molecule has 0 aromatic heterocycles. The van der Waals surface area contributed by atoms with Gasteiger partial charge in [0.2, 0.25) is 0 Å². The van der Waals surface area contributed by atoms with E-state index in [1.807, 2.05) is 7.05 Å². The summed E-state index contributed by atoms with van der Waals surface area (Å²) >= 11 is 0. The number of anilines is 1. The van der Waals surface area contributed by atoms with Crippen LogP contribution in [0.25, 0.3) is 0 Å². The Morgan fingerprint density at radius 3 is 2.62 bits per heavy atom. The van der Waals surface area contributed by atoms with Gasteiger partial charge in [0.05, 0.1) is 19.3 Å². The summed E-state index contributed by atoms with van der Waals surface area (Å²) in [6.07, 6.45) is 2.54. The third kappa shape index (κ3) is 4.89. The molecule has 3 rings (SSSR count). The molecule has 0 unspecified atom stereocenters. The number of morpholine rings is 1. The van der Waals surface area contributed by atoms with Crippen LogP contribution in [0.4, 0.5) is 5.69 Å². The molecule has 0 saturated carbocycles. The van der Waals surface area contributed by atoms with Gasteiger partial charge in [-0.25, -0.2) is 0 Å². The number of guanidine groups is 1. The van der Waals surface area contributed by atoms with E-state index < -0.39 is 0 Å². The van der Waals surface area contributed by atoms with Crippen molar-refractivity contribution in [3.05, 3.63) is 29.8 Å². The number of rotatable bonds is 5. The SMILES string of the molecule is CCOC1CCN(C(=NC)NCc2ccccc2N2CCOCC2)CC1. The minimum atomic E-state index is 0.399. The largest absolute Gasteiger partial charge is 0.378 e. The standard InChI is InChI=1S/C20H32N4O2/c1-3-26-18-8-10-24(11-9-18)20(21-2)22-16-17-6-4-5-7-19(17)23-12-14-25-15-13-23/h4-7,18H,3,8-16H2,1-2H3,(H,21,22). The molecule has 6 nitrogen and oxygen atoms in total. The van der Waals surface area contributed by atoms with Crippen molar-refractivity contribution in [1.82, 2.24) is 10.2 Å². The molecule has 0 atom stereocenters. The summed E-state index contributed by atoms with van der Waals surface area (Å²) in [5.74, 6) is 0.983. The molecule has 1 aromatic carbocycles. The average Bonchev–Trinajstić information content (AvgIpc) is 2.71. The number of nitrogens with zero attached hydrogens (tertiary/aromatic N) is 3. The number of hydrogen-bond acceptors (Lipinski definition) is 4. The van der Waals surface area contributed by atoms with E-state index in [-0.39, 0.29) is 0 Å². The Morgan fingerprint density at radius 2 is 1.92 bits per heavy atom. The highest BCUT2D eigenvalue weighted by Gasteiger charge is 2.22. The van der Waals surface area contributed by atoms with E-state index >= 15 is 0 Å². The summed E-state index contributed by atoms with van der Waals surface area (Å²) in [5.41, 5.74) is 2.61. The zero-order chi connectivity index (χ0) is 18.2. The van der Waals surface area contributed by atoms with Crippen molar-refractivity contribution in [3.63, 3.8) is 0 Å². The second-order valence-corrected chi connectivity index (χ2v) is 6.77. The van der Waals surface area contributed by atoms with E-state index in [0.717, 1.165) is 71.3 Å². The maximum Gasteiger partial charge on any atom is 0.193 e. The fraction of sp³-hybridized carbons (Fsp3) is 0.650. The van der Waals surface area contributed by atoms with Crippen molar-refractivity contribution in [1.29, 1.82) is 0 Å². The van der Waals surface area contributed by atoms with E-state index in [9.17, 15) is 0 Å². The van der Waals surface area contributed by atoms with Gasteiger partial charge in [-0.2, -0.15) is 0 Å². The number of ether oxygens (including phenoxy) is 2. The highest BCUT2D eigenvalue weighted by Crippen LogP contribution is 2.21. The van der Waals surface area contributed by atoms with Gasteiger partial charge in [-0.05, 0) is 31.4 Å². The summed E-state index contributed by atoms with van der Waals surface area (Å²) in [6.45, 7) is 9.16. The first-order valence-corrected chi connectivity index (χ1v) is 9.79. The van der Waals surface area contributed by atoms with Gasteiger partial charge in [0, 0.05) is 52.1 Å². The zero-order valence-corrected chi connectivity index (χ0v) is 16.1. The van der Waals surface area contributed by atoms with Crippen LogP contribution in [-0.2, 0) is 16.0 Å². The highest BCUT2D eigenvalue weighted by atomic mass is 16.5. The first-order chi connectivity index (χ1) is 12.8. The zero-order valence-electron chi connectivity index (χ0n) is 16.1. The van der Waals surface area contributed by atoms with Crippen molar-refractivity contribution in [2.45, 2.75) is 32.4 Å². The molecule has 26 heavy (non-hydrogen) atoms. The number of hydrogen-bond donors (Lipinski definition) is 1. The fourth-order valence-electron chi connectivity index (χ4n) is 3.75. The molecule has 2 aliphatic rings. The van der Waals surface area contributed by atoms with Gasteiger partial charge in [-0.15, -0.1) is 0 Å². The maximum absolute atomic E-state index is 5.75. The van der Waals surface area contributed by atoms with Crippen LogP contribution in [-0.4, -0.2) is 70.0 Å². The first kappa shape index (κ1) is 19.0. The van der Waals surface area contributed by atoms with E-state index in [1.165, 1.54) is 11.3 Å². The van der Waals surface area contributed by atoms with Crippen molar-refractivity contribution in [2.75, 3.05) is 57.9 Å². The molecule has 0 bridgehead atoms. The topological polar surface area (TPSA) is 49.3 Å². The van der Waals surface area contributed by atoms with E-state index in [0.29, 0.717) is 6.10 Å². The van der Waals surface area contributed by atoms with Crippen LogP contribution in [0.15, 0.2) is 29.3 Å². The van der Waals surface area contributed by atoms with Gasteiger partial charge in [-0.1, -0.05) is 18.2 Å². The molecule has 0 amide bonds. The predicted octanol–water partition coefficient (Wildman–Crippen LogP) is 2.10. The fourth-order valence-corrected chi connectivity index (χ4v) is 3.75. The molecule has 1 aromatic rings. The Hall–Kier alpha value is -1.79. The maximum atomic E-state index is 5.75. The Morgan fingerprint density at radius 1 is 1.19 bits per heavy atom. The minimum absolute atomic E-state index is 0.399. The molecule has 0 spiro atoms. The Kier molecular flexibility index (Phi) is 7.14. The van der Waals surface area contributed by atoms with Gasteiger partial charge in [0.1, 0.15) is 0 Å². The molecule has 2 saturated heterocycles. The van der Waals surface area contributed by atoms with Gasteiger partial charge in [0.15, 0.2) is 5.96 Å². The number of benzene rings is 1. The Labute approximate surface area is 157 Å². The Bertz CT molecular complexity index is 579. The molecule has 1 N–H and O–H groups in total. The molecule has 2 heterocycles. The Balaban J connectivity index is 1.58.